The van der Waals surface area contributed by atoms with Crippen molar-refractivity contribution >= 4 is 53.3 Å². The van der Waals surface area contributed by atoms with Gasteiger partial charge in [-0.15, -0.1) is 0 Å². The fraction of sp³-hybridized carbons (Fsp3) is 0. The van der Waals surface area contributed by atoms with E-state index in [0.29, 0.717) is 33.1 Å². The van der Waals surface area contributed by atoms with Gasteiger partial charge in [0.1, 0.15) is 0 Å². The van der Waals surface area contributed by atoms with Gasteiger partial charge in [-0.1, -0.05) is 23.2 Å². The van der Waals surface area contributed by atoms with Crippen molar-refractivity contribution < 1.29 is 4.92 Å². The van der Waals surface area contributed by atoms with Gasteiger partial charge in [0.15, 0.2) is 5.82 Å². The number of aromatic nitrogens is 3. The normalized spacial score (nSPS) is 11.0. The molecular formula is C22H14Cl2N6O2S. The lowest BCUT2D eigenvalue weighted by Crippen LogP contribution is -2.10. The maximum atomic E-state index is 10.8. The Balaban J connectivity index is 1.72. The molecule has 0 aliphatic carbocycles. The third-order valence-electron chi connectivity index (χ3n) is 4.49. The van der Waals surface area contributed by atoms with Crippen LogP contribution in [0.1, 0.15) is 5.56 Å². The van der Waals surface area contributed by atoms with E-state index in [1.165, 1.54) is 18.3 Å². The third kappa shape index (κ3) is 5.40. The number of nitro benzene ring substituents is 1. The van der Waals surface area contributed by atoms with Crippen molar-refractivity contribution in [1.29, 1.82) is 0 Å². The van der Waals surface area contributed by atoms with Crippen LogP contribution in [0.15, 0.2) is 77.9 Å². The summed E-state index contributed by atoms with van der Waals surface area (Å²) < 4.78 is 1.88. The maximum Gasteiger partial charge on any atom is 0.269 e. The fourth-order valence-corrected chi connectivity index (χ4v) is 3.41. The standard InChI is InChI=1S/C22H14Cl2N6O2S/c23-16-5-3-15(4-6-16)20-26-21(28-25-13-14-1-9-19(10-2-14)30(31)32)29(22(33)27-20)18-11-7-17(24)8-12-18/h1-13H,(H,26,27,28,33)/b25-13+. The zero-order chi connectivity index (χ0) is 23.4. The van der Waals surface area contributed by atoms with Crippen LogP contribution in [0, 0.1) is 14.9 Å². The van der Waals surface area contributed by atoms with E-state index in [1.54, 1.807) is 65.2 Å². The molecule has 1 heterocycles. The van der Waals surface area contributed by atoms with Gasteiger partial charge in [-0.3, -0.25) is 14.7 Å². The monoisotopic (exact) mass is 496 g/mol. The van der Waals surface area contributed by atoms with E-state index in [1.807, 2.05) is 0 Å². The highest BCUT2D eigenvalue weighted by atomic mass is 35.5. The minimum absolute atomic E-state index is 0.000144. The number of nitrogens with zero attached hydrogens (tertiary/aromatic N) is 5. The highest BCUT2D eigenvalue weighted by Crippen LogP contribution is 2.23. The molecule has 4 rings (SSSR count). The number of halogens is 2. The van der Waals surface area contributed by atoms with Crippen LogP contribution in [0.4, 0.5) is 11.6 Å². The molecular weight excluding hydrogens is 483 g/mol. The van der Waals surface area contributed by atoms with E-state index in [9.17, 15) is 10.1 Å². The molecule has 33 heavy (non-hydrogen) atoms. The first-order chi connectivity index (χ1) is 15.9. The molecule has 0 aliphatic heterocycles. The van der Waals surface area contributed by atoms with E-state index in [-0.39, 0.29) is 10.5 Å². The number of hydrogen-bond donors (Lipinski definition) is 1. The maximum absolute atomic E-state index is 10.8. The Morgan fingerprint density at radius 1 is 0.939 bits per heavy atom. The number of nitrogens with one attached hydrogen (secondary N) is 1. The average Bonchev–Trinajstić information content (AvgIpc) is 2.80. The molecule has 1 N–H and O–H groups in total. The molecule has 0 atom stereocenters. The molecule has 0 unspecified atom stereocenters. The number of benzene rings is 3. The average molecular weight is 497 g/mol. The molecule has 0 saturated heterocycles. The molecule has 164 valence electrons. The Bertz CT molecular complexity index is 1390. The lowest BCUT2D eigenvalue weighted by atomic mass is 10.2. The summed E-state index contributed by atoms with van der Waals surface area (Å²) in [6, 6.07) is 20.1. The number of hydrazone groups is 1. The highest BCUT2D eigenvalue weighted by molar-refractivity contribution is 7.71. The molecule has 4 aromatic rings. The Morgan fingerprint density at radius 3 is 2.15 bits per heavy atom. The van der Waals surface area contributed by atoms with Crippen LogP contribution in [0.5, 0.6) is 0 Å². The summed E-state index contributed by atoms with van der Waals surface area (Å²) in [6.45, 7) is 0. The molecule has 0 bridgehead atoms. The Hall–Kier alpha value is -3.66. The van der Waals surface area contributed by atoms with Crippen molar-refractivity contribution in [3.05, 3.63) is 103 Å². The number of non-ortho nitro benzene ring substituents is 1. The molecule has 8 nitrogen and oxygen atoms in total. The van der Waals surface area contributed by atoms with Crippen molar-refractivity contribution in [1.82, 2.24) is 14.5 Å². The van der Waals surface area contributed by atoms with Gasteiger partial charge in [0.25, 0.3) is 5.69 Å². The van der Waals surface area contributed by atoms with Gasteiger partial charge in [-0.05, 0) is 78.4 Å². The molecule has 0 spiro atoms. The van der Waals surface area contributed by atoms with Crippen LogP contribution in [0.3, 0.4) is 0 Å². The first-order valence-electron chi connectivity index (χ1n) is 9.47. The van der Waals surface area contributed by atoms with E-state index in [2.05, 4.69) is 20.5 Å². The molecule has 3 aromatic carbocycles. The van der Waals surface area contributed by atoms with Crippen molar-refractivity contribution in [2.24, 2.45) is 5.10 Å². The Kier molecular flexibility index (Phi) is 6.74. The predicted molar refractivity (Wildman–Crippen MR) is 132 cm³/mol. The SMILES string of the molecule is O=[N+]([O-])c1ccc(/C=N/Nc2nc(-c3ccc(Cl)cc3)nc(=S)n2-c2ccc(Cl)cc2)cc1. The smallest absolute Gasteiger partial charge is 0.258 e. The molecule has 0 radical (unpaired) electrons. The van der Waals surface area contributed by atoms with E-state index < -0.39 is 4.92 Å². The van der Waals surface area contributed by atoms with Gasteiger partial charge in [0, 0.05) is 27.7 Å². The Morgan fingerprint density at radius 2 is 1.55 bits per heavy atom. The number of hydrogen-bond acceptors (Lipinski definition) is 7. The minimum atomic E-state index is -0.460. The minimum Gasteiger partial charge on any atom is -0.258 e. The van der Waals surface area contributed by atoms with Crippen molar-refractivity contribution in [3.63, 3.8) is 0 Å². The number of nitro groups is 1. The second kappa shape index (κ2) is 9.86. The second-order valence-electron chi connectivity index (χ2n) is 6.69. The van der Waals surface area contributed by atoms with Gasteiger partial charge < -0.3 is 0 Å². The topological polar surface area (TPSA) is 98.2 Å². The van der Waals surface area contributed by atoms with Gasteiger partial charge >= 0.3 is 0 Å². The van der Waals surface area contributed by atoms with Crippen LogP contribution in [-0.2, 0) is 0 Å². The fourth-order valence-electron chi connectivity index (χ4n) is 2.88. The van der Waals surface area contributed by atoms with Gasteiger partial charge in [0.2, 0.25) is 10.7 Å². The summed E-state index contributed by atoms with van der Waals surface area (Å²) in [4.78, 5) is 19.4. The molecule has 0 amide bonds. The lowest BCUT2D eigenvalue weighted by molar-refractivity contribution is -0.384. The first kappa shape index (κ1) is 22.5. The summed E-state index contributed by atoms with van der Waals surface area (Å²) in [5.41, 5.74) is 4.99. The molecule has 11 heteroatoms. The summed E-state index contributed by atoms with van der Waals surface area (Å²) in [5.74, 6) is 0.718. The number of anilines is 1. The molecule has 0 fully saturated rings. The van der Waals surface area contributed by atoms with E-state index in [4.69, 9.17) is 35.4 Å². The van der Waals surface area contributed by atoms with Gasteiger partial charge in [-0.2, -0.15) is 15.1 Å². The summed E-state index contributed by atoms with van der Waals surface area (Å²) in [7, 11) is 0. The Labute approximate surface area is 203 Å². The number of rotatable bonds is 6. The van der Waals surface area contributed by atoms with Crippen molar-refractivity contribution in [2.45, 2.75) is 0 Å². The summed E-state index contributed by atoms with van der Waals surface area (Å²) in [6.07, 6.45) is 1.52. The van der Waals surface area contributed by atoms with Gasteiger partial charge in [0.05, 0.1) is 16.8 Å². The quantitative estimate of drug-likeness (QED) is 0.145. The summed E-state index contributed by atoms with van der Waals surface area (Å²) >= 11 is 17.6. The highest BCUT2D eigenvalue weighted by Gasteiger charge is 2.12. The molecule has 1 aromatic heterocycles. The van der Waals surface area contributed by atoms with Crippen LogP contribution in [0.2, 0.25) is 10.0 Å². The van der Waals surface area contributed by atoms with E-state index >= 15 is 0 Å². The third-order valence-corrected chi connectivity index (χ3v) is 5.26. The zero-order valence-corrected chi connectivity index (χ0v) is 19.1. The summed E-state index contributed by atoms with van der Waals surface area (Å²) in [5, 5.41) is 16.2. The van der Waals surface area contributed by atoms with Crippen LogP contribution in [-0.4, -0.2) is 25.7 Å². The van der Waals surface area contributed by atoms with E-state index in [0.717, 1.165) is 5.56 Å². The van der Waals surface area contributed by atoms with Crippen molar-refractivity contribution in [3.8, 4) is 17.1 Å². The largest absolute Gasteiger partial charge is 0.269 e. The molecule has 0 aliphatic rings. The van der Waals surface area contributed by atoms with Crippen molar-refractivity contribution in [2.75, 3.05) is 5.43 Å². The van der Waals surface area contributed by atoms with Crippen LogP contribution >= 0.6 is 35.4 Å². The van der Waals surface area contributed by atoms with Crippen LogP contribution in [0.25, 0.3) is 17.1 Å². The zero-order valence-electron chi connectivity index (χ0n) is 16.7. The van der Waals surface area contributed by atoms with Crippen LogP contribution < -0.4 is 5.43 Å². The van der Waals surface area contributed by atoms with Gasteiger partial charge in [-0.25, -0.2) is 5.43 Å². The lowest BCUT2D eigenvalue weighted by Gasteiger charge is -2.13. The first-order valence-corrected chi connectivity index (χ1v) is 10.6. The predicted octanol–water partition coefficient (Wildman–Crippen LogP) is 6.32. The second-order valence-corrected chi connectivity index (χ2v) is 7.93. The molecule has 0 saturated carbocycles.